The van der Waals surface area contributed by atoms with Crippen LogP contribution in [0.4, 0.5) is 32.0 Å². The third-order valence-electron chi connectivity index (χ3n) is 4.40. The van der Waals surface area contributed by atoms with Crippen LogP contribution in [0.3, 0.4) is 0 Å². The second-order valence-corrected chi connectivity index (χ2v) is 6.10. The SMILES string of the molecule is CN1C(=O)C2(CC=CC(=O)N2CC(F)(F)F)c2cc(OC(F)(F)F)ccc21. The smallest absolute Gasteiger partial charge is 0.406 e. The van der Waals surface area contributed by atoms with Gasteiger partial charge < -0.3 is 14.5 Å². The second kappa shape index (κ2) is 5.89. The summed E-state index contributed by atoms with van der Waals surface area (Å²) in [7, 11) is 1.27. The summed E-state index contributed by atoms with van der Waals surface area (Å²) >= 11 is 0. The summed E-state index contributed by atoms with van der Waals surface area (Å²) < 4.78 is 80.5. The van der Waals surface area contributed by atoms with Gasteiger partial charge in [-0.25, -0.2) is 0 Å². The molecule has 0 radical (unpaired) electrons. The Morgan fingerprint density at radius 2 is 1.81 bits per heavy atom. The molecule has 2 aliphatic rings. The summed E-state index contributed by atoms with van der Waals surface area (Å²) in [5, 5.41) is 0. The van der Waals surface area contributed by atoms with E-state index in [2.05, 4.69) is 4.74 Å². The Hall–Kier alpha value is -2.72. The zero-order valence-corrected chi connectivity index (χ0v) is 13.7. The van der Waals surface area contributed by atoms with E-state index in [-0.39, 0.29) is 17.7 Å². The molecule has 1 spiro atoms. The minimum absolute atomic E-state index is 0.102. The van der Waals surface area contributed by atoms with Crippen molar-refractivity contribution in [3.05, 3.63) is 35.9 Å². The van der Waals surface area contributed by atoms with E-state index in [4.69, 9.17) is 0 Å². The number of carbonyl (C=O) groups excluding carboxylic acids is 2. The van der Waals surface area contributed by atoms with Crippen molar-refractivity contribution in [3.63, 3.8) is 0 Å². The monoisotopic (exact) mass is 394 g/mol. The number of alkyl halides is 6. The van der Waals surface area contributed by atoms with Gasteiger partial charge in [-0.05, 0) is 24.3 Å². The molecule has 2 heterocycles. The molecule has 0 N–H and O–H groups in total. The number of fused-ring (bicyclic) bond motifs is 2. The van der Waals surface area contributed by atoms with Crippen molar-refractivity contribution in [3.8, 4) is 5.75 Å². The number of ether oxygens (including phenoxy) is 1. The number of halogens is 6. The summed E-state index contributed by atoms with van der Waals surface area (Å²) in [4.78, 5) is 26.4. The van der Waals surface area contributed by atoms with Crippen molar-refractivity contribution in [2.24, 2.45) is 0 Å². The van der Waals surface area contributed by atoms with Gasteiger partial charge in [-0.1, -0.05) is 6.08 Å². The Morgan fingerprint density at radius 1 is 1.15 bits per heavy atom. The topological polar surface area (TPSA) is 49.9 Å². The van der Waals surface area contributed by atoms with Crippen LogP contribution in [0.2, 0.25) is 0 Å². The van der Waals surface area contributed by atoms with E-state index < -0.39 is 42.2 Å². The average Bonchev–Trinajstić information content (AvgIpc) is 2.71. The molecule has 5 nitrogen and oxygen atoms in total. The zero-order valence-electron chi connectivity index (χ0n) is 13.7. The Morgan fingerprint density at radius 3 is 2.41 bits per heavy atom. The van der Waals surface area contributed by atoms with Crippen LogP contribution in [0, 0.1) is 0 Å². The molecule has 27 heavy (non-hydrogen) atoms. The number of hydrogen-bond donors (Lipinski definition) is 0. The first-order chi connectivity index (χ1) is 12.3. The number of nitrogens with zero attached hydrogens (tertiary/aromatic N) is 2. The molecule has 0 bridgehead atoms. The molecule has 1 aromatic carbocycles. The molecule has 1 atom stereocenters. The van der Waals surface area contributed by atoms with Gasteiger partial charge in [0.15, 0.2) is 5.54 Å². The number of anilines is 1. The number of rotatable bonds is 2. The van der Waals surface area contributed by atoms with Crippen LogP contribution in [-0.2, 0) is 15.1 Å². The van der Waals surface area contributed by atoms with E-state index in [1.54, 1.807) is 0 Å². The second-order valence-electron chi connectivity index (χ2n) is 6.10. The van der Waals surface area contributed by atoms with Crippen LogP contribution in [0.5, 0.6) is 5.75 Å². The summed E-state index contributed by atoms with van der Waals surface area (Å²) in [6, 6.07) is 2.93. The molecule has 146 valence electrons. The lowest BCUT2D eigenvalue weighted by molar-refractivity contribution is -0.274. The molecule has 0 saturated heterocycles. The molecule has 0 aliphatic carbocycles. The molecular formula is C16H12F6N2O3. The minimum atomic E-state index is -5.02. The van der Waals surface area contributed by atoms with Crippen molar-refractivity contribution in [2.75, 3.05) is 18.5 Å². The quantitative estimate of drug-likeness (QED) is 0.725. The fourth-order valence-corrected chi connectivity index (χ4v) is 3.41. The summed E-state index contributed by atoms with van der Waals surface area (Å²) in [6.07, 6.45) is -8.01. The van der Waals surface area contributed by atoms with Gasteiger partial charge in [0.2, 0.25) is 5.91 Å². The fraction of sp³-hybridized carbons (Fsp3) is 0.375. The predicted octanol–water partition coefficient (Wildman–Crippen LogP) is 3.11. The molecule has 1 aromatic rings. The van der Waals surface area contributed by atoms with Crippen molar-refractivity contribution in [1.29, 1.82) is 0 Å². The first-order valence-corrected chi connectivity index (χ1v) is 7.58. The number of amides is 2. The van der Waals surface area contributed by atoms with E-state index >= 15 is 0 Å². The Balaban J connectivity index is 2.17. The highest BCUT2D eigenvalue weighted by Gasteiger charge is 2.57. The first-order valence-electron chi connectivity index (χ1n) is 7.58. The molecular weight excluding hydrogens is 382 g/mol. The van der Waals surface area contributed by atoms with Crippen molar-refractivity contribution in [1.82, 2.24) is 4.90 Å². The minimum Gasteiger partial charge on any atom is -0.406 e. The standard InChI is InChI=1S/C16H12F6N2O3/c1-23-11-5-4-9(27-16(20,21)22)7-10(11)14(13(23)26)6-2-3-12(25)24(14)8-15(17,18)19/h2-5,7H,6,8H2,1H3. The molecule has 2 aliphatic heterocycles. The van der Waals surface area contributed by atoms with Crippen LogP contribution < -0.4 is 9.64 Å². The van der Waals surface area contributed by atoms with Gasteiger partial charge >= 0.3 is 12.5 Å². The highest BCUT2D eigenvalue weighted by Crippen LogP contribution is 2.49. The molecule has 0 saturated carbocycles. The van der Waals surface area contributed by atoms with Gasteiger partial charge in [-0.2, -0.15) is 13.2 Å². The highest BCUT2D eigenvalue weighted by atomic mass is 19.4. The molecule has 0 aromatic heterocycles. The van der Waals surface area contributed by atoms with Gasteiger partial charge in [-0.15, -0.1) is 13.2 Å². The van der Waals surface area contributed by atoms with Gasteiger partial charge in [0, 0.05) is 24.7 Å². The van der Waals surface area contributed by atoms with Crippen molar-refractivity contribution in [2.45, 2.75) is 24.5 Å². The fourth-order valence-electron chi connectivity index (χ4n) is 3.41. The summed E-state index contributed by atoms with van der Waals surface area (Å²) in [5.41, 5.74) is -2.14. The molecule has 1 unspecified atom stereocenters. The van der Waals surface area contributed by atoms with Crippen molar-refractivity contribution >= 4 is 17.5 Å². The average molecular weight is 394 g/mol. The van der Waals surface area contributed by atoms with Crippen LogP contribution in [0.25, 0.3) is 0 Å². The Bertz CT molecular complexity index is 832. The van der Waals surface area contributed by atoms with Gasteiger partial charge in [0.05, 0.1) is 0 Å². The number of likely N-dealkylation sites (N-methyl/N-ethyl adjacent to an activating group) is 1. The molecule has 2 amide bonds. The van der Waals surface area contributed by atoms with Crippen LogP contribution in [-0.4, -0.2) is 42.8 Å². The third kappa shape index (κ3) is 3.21. The van der Waals surface area contributed by atoms with Gasteiger partial charge in [-0.3, -0.25) is 9.59 Å². The van der Waals surface area contributed by atoms with Crippen LogP contribution >= 0.6 is 0 Å². The number of hydrogen-bond acceptors (Lipinski definition) is 3. The number of carbonyl (C=O) groups is 2. The van der Waals surface area contributed by atoms with Gasteiger partial charge in [0.1, 0.15) is 12.3 Å². The van der Waals surface area contributed by atoms with Crippen LogP contribution in [0.15, 0.2) is 30.4 Å². The van der Waals surface area contributed by atoms with E-state index in [0.717, 1.165) is 29.2 Å². The maximum Gasteiger partial charge on any atom is 0.573 e. The summed E-state index contributed by atoms with van der Waals surface area (Å²) in [5.74, 6) is -2.60. The number of benzene rings is 1. The first kappa shape index (κ1) is 19.1. The maximum atomic E-state index is 13.0. The van der Waals surface area contributed by atoms with Crippen LogP contribution in [0.1, 0.15) is 12.0 Å². The maximum absolute atomic E-state index is 13.0. The third-order valence-corrected chi connectivity index (χ3v) is 4.40. The zero-order chi connectivity index (χ0) is 20.2. The Kier molecular flexibility index (Phi) is 4.16. The molecule has 3 rings (SSSR count). The predicted molar refractivity (Wildman–Crippen MR) is 79.7 cm³/mol. The largest absolute Gasteiger partial charge is 0.573 e. The Labute approximate surface area is 148 Å². The highest BCUT2D eigenvalue weighted by molar-refractivity contribution is 6.10. The van der Waals surface area contributed by atoms with Crippen molar-refractivity contribution < 1.29 is 40.7 Å². The molecule has 11 heteroatoms. The van der Waals surface area contributed by atoms with E-state index in [9.17, 15) is 35.9 Å². The molecule has 0 fully saturated rings. The van der Waals surface area contributed by atoms with E-state index in [0.29, 0.717) is 4.90 Å². The lowest BCUT2D eigenvalue weighted by Crippen LogP contribution is -2.58. The van der Waals surface area contributed by atoms with E-state index in [1.807, 2.05) is 0 Å². The normalized spacial score (nSPS) is 22.6. The summed E-state index contributed by atoms with van der Waals surface area (Å²) in [6.45, 7) is -1.72. The lowest BCUT2D eigenvalue weighted by atomic mass is 9.83. The van der Waals surface area contributed by atoms with Gasteiger partial charge in [0.25, 0.3) is 5.91 Å². The lowest BCUT2D eigenvalue weighted by Gasteiger charge is -2.41. The van der Waals surface area contributed by atoms with E-state index in [1.165, 1.54) is 13.1 Å².